The van der Waals surface area contributed by atoms with Crippen LogP contribution in [0.5, 0.6) is 0 Å². The molecule has 1 aliphatic heterocycles. The number of alkyl halides is 1. The Morgan fingerprint density at radius 2 is 2.50 bits per heavy atom. The van der Waals surface area contributed by atoms with E-state index in [9.17, 15) is 4.39 Å². The van der Waals surface area contributed by atoms with Gasteiger partial charge in [0.1, 0.15) is 0 Å². The highest BCUT2D eigenvalue weighted by Gasteiger charge is 2.30. The van der Waals surface area contributed by atoms with Crippen LogP contribution in [0.2, 0.25) is 0 Å². The smallest absolute Gasteiger partial charge is 0.184 e. The first-order chi connectivity index (χ1) is 3.77. The maximum Gasteiger partial charge on any atom is 0.184 e. The predicted molar refractivity (Wildman–Crippen MR) is 30.2 cm³/mol. The summed E-state index contributed by atoms with van der Waals surface area (Å²) >= 11 is 0. The first-order valence-corrected chi connectivity index (χ1v) is 2.64. The van der Waals surface area contributed by atoms with Crippen molar-refractivity contribution in [3.8, 4) is 12.3 Å². The first kappa shape index (κ1) is 5.58. The summed E-state index contributed by atoms with van der Waals surface area (Å²) in [7, 11) is 0. The van der Waals surface area contributed by atoms with Gasteiger partial charge in [0, 0.05) is 13.0 Å². The Balaban J connectivity index is 2.56. The van der Waals surface area contributed by atoms with Gasteiger partial charge in [0.05, 0.1) is 0 Å². The van der Waals surface area contributed by atoms with Crippen molar-refractivity contribution in [2.45, 2.75) is 12.1 Å². The summed E-state index contributed by atoms with van der Waals surface area (Å²) in [5.74, 6) is 2.11. The van der Waals surface area contributed by atoms with E-state index in [1.165, 1.54) is 0 Å². The molecule has 1 atom stereocenters. The summed E-state index contributed by atoms with van der Waals surface area (Å²) < 4.78 is 12.7. The number of rotatable bonds is 0. The van der Waals surface area contributed by atoms with E-state index < -0.39 is 5.67 Å². The van der Waals surface area contributed by atoms with Crippen molar-refractivity contribution in [3.63, 3.8) is 0 Å². The fraction of sp³-hybridized carbons (Fsp3) is 0.667. The Morgan fingerprint density at radius 3 is 2.75 bits per heavy atom. The highest BCUT2D eigenvalue weighted by atomic mass is 19.1. The molecule has 0 amide bonds. The lowest BCUT2D eigenvalue weighted by Gasteiger charge is -2.06. The summed E-state index contributed by atoms with van der Waals surface area (Å²) in [6.45, 7) is 1.03. The van der Waals surface area contributed by atoms with E-state index in [2.05, 4.69) is 11.2 Å². The van der Waals surface area contributed by atoms with E-state index in [1.807, 2.05) is 0 Å². The molecular formula is C6H8FN. The molecule has 1 saturated heterocycles. The molecular weight excluding hydrogens is 105 g/mol. The van der Waals surface area contributed by atoms with Crippen LogP contribution in [-0.4, -0.2) is 18.8 Å². The highest BCUT2D eigenvalue weighted by molar-refractivity contribution is 5.11. The van der Waals surface area contributed by atoms with Crippen molar-refractivity contribution in [2.24, 2.45) is 0 Å². The van der Waals surface area contributed by atoms with Crippen LogP contribution in [0.3, 0.4) is 0 Å². The Hall–Kier alpha value is -0.550. The molecule has 0 aliphatic carbocycles. The lowest BCUT2D eigenvalue weighted by molar-refractivity contribution is 0.272. The van der Waals surface area contributed by atoms with Crippen molar-refractivity contribution >= 4 is 0 Å². The summed E-state index contributed by atoms with van der Waals surface area (Å²) in [6.07, 6.45) is 5.36. The zero-order valence-electron chi connectivity index (χ0n) is 4.58. The lowest BCUT2D eigenvalue weighted by Crippen LogP contribution is -2.22. The maximum atomic E-state index is 12.7. The normalized spacial score (nSPS) is 37.0. The molecule has 1 aliphatic rings. The number of terminal acetylenes is 1. The van der Waals surface area contributed by atoms with Crippen molar-refractivity contribution < 1.29 is 4.39 Å². The largest absolute Gasteiger partial charge is 0.312 e. The van der Waals surface area contributed by atoms with Gasteiger partial charge < -0.3 is 5.32 Å². The van der Waals surface area contributed by atoms with Gasteiger partial charge in [-0.2, -0.15) is 0 Å². The molecule has 0 bridgehead atoms. The van der Waals surface area contributed by atoms with Crippen LogP contribution in [0, 0.1) is 12.3 Å². The van der Waals surface area contributed by atoms with Gasteiger partial charge in [-0.15, -0.1) is 6.42 Å². The molecule has 0 spiro atoms. The molecule has 0 aromatic carbocycles. The van der Waals surface area contributed by atoms with Crippen LogP contribution in [0.1, 0.15) is 6.42 Å². The Kier molecular flexibility index (Phi) is 1.22. The molecule has 0 aromatic rings. The van der Waals surface area contributed by atoms with Gasteiger partial charge in [0.2, 0.25) is 0 Å². The standard InChI is InChI=1S/C6H8FN/c1-2-6(7)3-4-8-5-6/h1,8H,3-5H2. The second kappa shape index (κ2) is 1.75. The summed E-state index contributed by atoms with van der Waals surface area (Å²) in [4.78, 5) is 0. The van der Waals surface area contributed by atoms with Gasteiger partial charge in [-0.1, -0.05) is 5.92 Å². The highest BCUT2D eigenvalue weighted by Crippen LogP contribution is 2.17. The molecule has 1 heterocycles. The first-order valence-electron chi connectivity index (χ1n) is 2.64. The van der Waals surface area contributed by atoms with E-state index in [0.717, 1.165) is 0 Å². The SMILES string of the molecule is C#CC1(F)CCNC1. The fourth-order valence-corrected chi connectivity index (χ4v) is 0.785. The van der Waals surface area contributed by atoms with Crippen LogP contribution in [0.25, 0.3) is 0 Å². The fourth-order valence-electron chi connectivity index (χ4n) is 0.785. The molecule has 0 saturated carbocycles. The van der Waals surface area contributed by atoms with Gasteiger partial charge in [0.15, 0.2) is 5.67 Å². The Morgan fingerprint density at radius 1 is 1.75 bits per heavy atom. The van der Waals surface area contributed by atoms with E-state index >= 15 is 0 Å². The van der Waals surface area contributed by atoms with Crippen LogP contribution in [0.15, 0.2) is 0 Å². The molecule has 2 heteroatoms. The zero-order chi connectivity index (χ0) is 6.04. The third-order valence-electron chi connectivity index (χ3n) is 1.36. The van der Waals surface area contributed by atoms with Crippen LogP contribution < -0.4 is 5.32 Å². The molecule has 1 unspecified atom stereocenters. The van der Waals surface area contributed by atoms with Crippen molar-refractivity contribution in [2.75, 3.05) is 13.1 Å². The topological polar surface area (TPSA) is 12.0 Å². The minimum atomic E-state index is -1.35. The molecule has 1 rings (SSSR count). The summed E-state index contributed by atoms with van der Waals surface area (Å²) in [5.41, 5.74) is -1.35. The lowest BCUT2D eigenvalue weighted by atomic mass is 10.1. The zero-order valence-corrected chi connectivity index (χ0v) is 4.58. The van der Waals surface area contributed by atoms with Gasteiger partial charge in [-0.3, -0.25) is 0 Å². The van der Waals surface area contributed by atoms with Gasteiger partial charge >= 0.3 is 0 Å². The molecule has 0 aromatic heterocycles. The molecule has 0 radical (unpaired) electrons. The van der Waals surface area contributed by atoms with Gasteiger partial charge in [-0.05, 0) is 6.54 Å². The Bertz CT molecular complexity index is 119. The number of hydrogen-bond donors (Lipinski definition) is 1. The summed E-state index contributed by atoms with van der Waals surface area (Å²) in [6, 6.07) is 0. The quantitative estimate of drug-likeness (QED) is 0.446. The Labute approximate surface area is 48.3 Å². The van der Waals surface area contributed by atoms with E-state index in [1.54, 1.807) is 0 Å². The second-order valence-electron chi connectivity index (χ2n) is 2.04. The summed E-state index contributed by atoms with van der Waals surface area (Å²) in [5, 5.41) is 2.85. The third kappa shape index (κ3) is 0.823. The van der Waals surface area contributed by atoms with Crippen LogP contribution in [-0.2, 0) is 0 Å². The van der Waals surface area contributed by atoms with Gasteiger partial charge in [-0.25, -0.2) is 4.39 Å². The average Bonchev–Trinajstić information content (AvgIpc) is 2.17. The van der Waals surface area contributed by atoms with Crippen LogP contribution >= 0.6 is 0 Å². The van der Waals surface area contributed by atoms with Crippen LogP contribution in [0.4, 0.5) is 4.39 Å². The average molecular weight is 113 g/mol. The number of nitrogens with one attached hydrogen (secondary N) is 1. The minimum absolute atomic E-state index is 0.323. The maximum absolute atomic E-state index is 12.7. The monoisotopic (exact) mass is 113 g/mol. The number of hydrogen-bond acceptors (Lipinski definition) is 1. The second-order valence-corrected chi connectivity index (χ2v) is 2.04. The molecule has 44 valence electrons. The van der Waals surface area contributed by atoms with E-state index in [4.69, 9.17) is 6.42 Å². The van der Waals surface area contributed by atoms with E-state index in [0.29, 0.717) is 19.5 Å². The molecule has 8 heavy (non-hydrogen) atoms. The molecule has 1 N–H and O–H groups in total. The van der Waals surface area contributed by atoms with Crippen molar-refractivity contribution in [3.05, 3.63) is 0 Å². The number of halogens is 1. The molecule has 1 nitrogen and oxygen atoms in total. The van der Waals surface area contributed by atoms with Crippen molar-refractivity contribution in [1.82, 2.24) is 5.32 Å². The molecule has 1 fully saturated rings. The minimum Gasteiger partial charge on any atom is -0.312 e. The third-order valence-corrected chi connectivity index (χ3v) is 1.36. The van der Waals surface area contributed by atoms with E-state index in [-0.39, 0.29) is 0 Å². The predicted octanol–water partition coefficient (Wildman–Crippen LogP) is 0.321. The van der Waals surface area contributed by atoms with Gasteiger partial charge in [0.25, 0.3) is 0 Å². The van der Waals surface area contributed by atoms with Crippen molar-refractivity contribution in [1.29, 1.82) is 0 Å².